The lowest BCUT2D eigenvalue weighted by atomic mass is 9.82. The van der Waals surface area contributed by atoms with E-state index in [1.54, 1.807) is 12.1 Å². The van der Waals surface area contributed by atoms with Gasteiger partial charge in [0.2, 0.25) is 0 Å². The predicted octanol–water partition coefficient (Wildman–Crippen LogP) is 4.04. The number of rotatable bonds is 6. The Morgan fingerprint density at radius 3 is 2.30 bits per heavy atom. The molecule has 2 aliphatic rings. The standard InChI is InChI=1S/C22H28N2O2S/c1-4-21(2,3)16-7-11-20(12-8-16)27(25,26)24-19-9-5-17(6-10-19)22-13-18(22)14-23-15-22/h5-12,18,23-24H,4,13-15H2,1-3H3/t18-,22+/m0/s1. The zero-order chi connectivity index (χ0) is 19.3. The third kappa shape index (κ3) is 3.27. The van der Waals surface area contributed by atoms with E-state index in [1.165, 1.54) is 12.0 Å². The Morgan fingerprint density at radius 2 is 1.78 bits per heavy atom. The van der Waals surface area contributed by atoms with Crippen molar-refractivity contribution in [1.82, 2.24) is 5.32 Å². The first-order chi connectivity index (χ1) is 12.8. The smallest absolute Gasteiger partial charge is 0.261 e. The third-order valence-corrected chi connectivity index (χ3v) is 8.00. The number of piperidine rings is 1. The Bertz CT molecular complexity index is 933. The molecular weight excluding hydrogens is 356 g/mol. The van der Waals surface area contributed by atoms with Crippen LogP contribution < -0.4 is 10.0 Å². The van der Waals surface area contributed by atoms with Gasteiger partial charge in [0.25, 0.3) is 10.0 Å². The fourth-order valence-corrected chi connectivity index (χ4v) is 5.22. The van der Waals surface area contributed by atoms with Crippen molar-refractivity contribution in [2.45, 2.75) is 49.3 Å². The molecule has 0 unspecified atom stereocenters. The summed E-state index contributed by atoms with van der Waals surface area (Å²) >= 11 is 0. The number of nitrogens with one attached hydrogen (secondary N) is 2. The summed E-state index contributed by atoms with van der Waals surface area (Å²) < 4.78 is 28.2. The molecule has 0 bridgehead atoms. The lowest BCUT2D eigenvalue weighted by molar-refractivity contribution is 0.506. The van der Waals surface area contributed by atoms with Crippen LogP contribution in [0, 0.1) is 5.92 Å². The monoisotopic (exact) mass is 384 g/mol. The number of hydrogen-bond donors (Lipinski definition) is 2. The van der Waals surface area contributed by atoms with Crippen LogP contribution in [-0.2, 0) is 20.9 Å². The van der Waals surface area contributed by atoms with Gasteiger partial charge in [-0.15, -0.1) is 0 Å². The molecule has 1 saturated carbocycles. The second kappa shape index (κ2) is 6.35. The number of hydrogen-bond acceptors (Lipinski definition) is 3. The first-order valence-electron chi connectivity index (χ1n) is 9.71. The highest BCUT2D eigenvalue weighted by Crippen LogP contribution is 2.56. The van der Waals surface area contributed by atoms with Crippen molar-refractivity contribution in [1.29, 1.82) is 0 Å². The fourth-order valence-electron chi connectivity index (χ4n) is 4.16. The van der Waals surface area contributed by atoms with Crippen molar-refractivity contribution in [3.8, 4) is 0 Å². The molecule has 1 aliphatic heterocycles. The molecule has 2 N–H and O–H groups in total. The average molecular weight is 385 g/mol. The minimum absolute atomic E-state index is 0.0424. The fraction of sp³-hybridized carbons (Fsp3) is 0.455. The van der Waals surface area contributed by atoms with Crippen LogP contribution in [0.2, 0.25) is 0 Å². The molecule has 1 heterocycles. The van der Waals surface area contributed by atoms with Gasteiger partial charge >= 0.3 is 0 Å². The zero-order valence-corrected chi connectivity index (χ0v) is 17.1. The predicted molar refractivity (Wildman–Crippen MR) is 110 cm³/mol. The normalized spacial score (nSPS) is 24.5. The van der Waals surface area contributed by atoms with Crippen molar-refractivity contribution < 1.29 is 8.42 Å². The van der Waals surface area contributed by atoms with E-state index in [0.29, 0.717) is 16.0 Å². The quantitative estimate of drug-likeness (QED) is 0.790. The maximum atomic E-state index is 12.7. The van der Waals surface area contributed by atoms with E-state index in [9.17, 15) is 8.42 Å². The third-order valence-electron chi connectivity index (χ3n) is 6.61. The van der Waals surface area contributed by atoms with Crippen LogP contribution in [0.25, 0.3) is 0 Å². The lowest BCUT2D eigenvalue weighted by Crippen LogP contribution is -2.19. The van der Waals surface area contributed by atoms with E-state index < -0.39 is 10.0 Å². The van der Waals surface area contributed by atoms with E-state index in [4.69, 9.17) is 0 Å². The van der Waals surface area contributed by atoms with Crippen LogP contribution in [0.3, 0.4) is 0 Å². The highest BCUT2D eigenvalue weighted by atomic mass is 32.2. The largest absolute Gasteiger partial charge is 0.316 e. The Balaban J connectivity index is 1.50. The molecule has 2 aromatic carbocycles. The number of benzene rings is 2. The average Bonchev–Trinajstić information content (AvgIpc) is 3.22. The zero-order valence-electron chi connectivity index (χ0n) is 16.2. The molecule has 5 heteroatoms. The number of fused-ring (bicyclic) bond motifs is 1. The minimum atomic E-state index is -3.58. The van der Waals surface area contributed by atoms with E-state index in [1.807, 2.05) is 24.3 Å². The van der Waals surface area contributed by atoms with Crippen LogP contribution in [0.1, 0.15) is 44.7 Å². The van der Waals surface area contributed by atoms with Crippen LogP contribution in [-0.4, -0.2) is 21.5 Å². The summed E-state index contributed by atoms with van der Waals surface area (Å²) in [6.45, 7) is 8.60. The summed E-state index contributed by atoms with van der Waals surface area (Å²) in [6, 6.07) is 15.1. The van der Waals surface area contributed by atoms with Crippen molar-refractivity contribution in [3.05, 3.63) is 59.7 Å². The Morgan fingerprint density at radius 1 is 1.11 bits per heavy atom. The number of sulfonamides is 1. The second-order valence-electron chi connectivity index (χ2n) is 8.63. The minimum Gasteiger partial charge on any atom is -0.316 e. The number of anilines is 1. The maximum absolute atomic E-state index is 12.7. The summed E-state index contributed by atoms with van der Waals surface area (Å²) in [5.74, 6) is 0.742. The molecule has 0 radical (unpaired) electrons. The lowest BCUT2D eigenvalue weighted by Gasteiger charge is -2.23. The van der Waals surface area contributed by atoms with Crippen LogP contribution >= 0.6 is 0 Å². The van der Waals surface area contributed by atoms with Gasteiger partial charge in [-0.25, -0.2) is 8.42 Å². The molecular formula is C22H28N2O2S. The van der Waals surface area contributed by atoms with Crippen molar-refractivity contribution in [3.63, 3.8) is 0 Å². The Labute approximate surface area is 162 Å². The Hall–Kier alpha value is -1.85. The maximum Gasteiger partial charge on any atom is 0.261 e. The van der Waals surface area contributed by atoms with Gasteiger partial charge in [-0.2, -0.15) is 0 Å². The van der Waals surface area contributed by atoms with Gasteiger partial charge < -0.3 is 5.32 Å². The van der Waals surface area contributed by atoms with Gasteiger partial charge in [-0.1, -0.05) is 45.0 Å². The Kier molecular flexibility index (Phi) is 4.35. The molecule has 2 aromatic rings. The molecule has 0 amide bonds. The van der Waals surface area contributed by atoms with Crippen LogP contribution in [0.15, 0.2) is 53.4 Å². The molecule has 2 fully saturated rings. The van der Waals surface area contributed by atoms with Gasteiger partial charge in [0.1, 0.15) is 0 Å². The second-order valence-corrected chi connectivity index (χ2v) is 10.3. The van der Waals surface area contributed by atoms with Gasteiger partial charge in [0.05, 0.1) is 4.90 Å². The van der Waals surface area contributed by atoms with Crippen molar-refractivity contribution >= 4 is 15.7 Å². The molecule has 2 atom stereocenters. The molecule has 0 aromatic heterocycles. The molecule has 1 saturated heterocycles. The summed E-state index contributed by atoms with van der Waals surface area (Å²) in [7, 11) is -3.58. The summed E-state index contributed by atoms with van der Waals surface area (Å²) in [5, 5.41) is 3.44. The van der Waals surface area contributed by atoms with Gasteiger partial charge in [-0.3, -0.25) is 4.72 Å². The first kappa shape index (κ1) is 18.5. The van der Waals surface area contributed by atoms with E-state index in [0.717, 1.165) is 31.0 Å². The highest BCUT2D eigenvalue weighted by molar-refractivity contribution is 7.92. The summed E-state index contributed by atoms with van der Waals surface area (Å²) in [6.07, 6.45) is 2.24. The van der Waals surface area contributed by atoms with Crippen molar-refractivity contribution in [2.24, 2.45) is 5.92 Å². The first-order valence-corrected chi connectivity index (χ1v) is 11.2. The molecule has 1 aliphatic carbocycles. The summed E-state index contributed by atoms with van der Waals surface area (Å²) in [5.41, 5.74) is 3.40. The molecule has 4 nitrogen and oxygen atoms in total. The van der Waals surface area contributed by atoms with E-state index in [-0.39, 0.29) is 5.41 Å². The van der Waals surface area contributed by atoms with Crippen LogP contribution in [0.5, 0.6) is 0 Å². The van der Waals surface area contributed by atoms with Gasteiger partial charge in [0, 0.05) is 17.6 Å². The van der Waals surface area contributed by atoms with E-state index in [2.05, 4.69) is 42.9 Å². The SMILES string of the molecule is CCC(C)(C)c1ccc(S(=O)(=O)Nc2ccc([C@@]34CNC[C@@H]3C4)cc2)cc1. The molecule has 0 spiro atoms. The van der Waals surface area contributed by atoms with Gasteiger partial charge in [-0.05, 0) is 66.1 Å². The topological polar surface area (TPSA) is 58.2 Å². The molecule has 27 heavy (non-hydrogen) atoms. The van der Waals surface area contributed by atoms with Gasteiger partial charge in [0.15, 0.2) is 0 Å². The van der Waals surface area contributed by atoms with Crippen LogP contribution in [0.4, 0.5) is 5.69 Å². The van der Waals surface area contributed by atoms with Crippen molar-refractivity contribution in [2.75, 3.05) is 17.8 Å². The highest BCUT2D eigenvalue weighted by Gasteiger charge is 2.57. The van der Waals surface area contributed by atoms with E-state index >= 15 is 0 Å². The molecule has 144 valence electrons. The summed E-state index contributed by atoms with van der Waals surface area (Å²) in [4.78, 5) is 0.295. The molecule has 4 rings (SSSR count).